The maximum atomic E-state index is 11.9. The number of nitrogens with zero attached hydrogens (tertiary/aromatic N) is 3. The highest BCUT2D eigenvalue weighted by atomic mass is 16.6. The van der Waals surface area contributed by atoms with E-state index in [1.807, 2.05) is 6.92 Å². The largest absolute Gasteiger partial charge is 0.450 e. The Morgan fingerprint density at radius 1 is 1.33 bits per heavy atom. The fourth-order valence-corrected chi connectivity index (χ4v) is 2.49. The first-order chi connectivity index (χ1) is 11.6. The summed E-state index contributed by atoms with van der Waals surface area (Å²) in [5, 5.41) is 6.04. The van der Waals surface area contributed by atoms with E-state index in [9.17, 15) is 9.59 Å². The van der Waals surface area contributed by atoms with E-state index in [1.165, 1.54) is 0 Å². The van der Waals surface area contributed by atoms with Crippen LogP contribution in [0.25, 0.3) is 0 Å². The van der Waals surface area contributed by atoms with Crippen molar-refractivity contribution in [2.75, 3.05) is 31.6 Å². The van der Waals surface area contributed by atoms with Gasteiger partial charge in [0, 0.05) is 31.9 Å². The number of carbonyl (C=O) groups excluding carboxylic acids is 2. The molecule has 8 heteroatoms. The molecule has 0 atom stereocenters. The predicted octanol–water partition coefficient (Wildman–Crippen LogP) is 1.65. The van der Waals surface area contributed by atoms with Gasteiger partial charge in [0.05, 0.1) is 6.61 Å². The van der Waals surface area contributed by atoms with Crippen molar-refractivity contribution in [3.8, 4) is 0 Å². The molecule has 24 heavy (non-hydrogen) atoms. The van der Waals surface area contributed by atoms with Gasteiger partial charge in [-0.05, 0) is 32.3 Å². The van der Waals surface area contributed by atoms with Crippen molar-refractivity contribution in [1.29, 1.82) is 0 Å². The van der Waals surface area contributed by atoms with Crippen LogP contribution in [0.2, 0.25) is 0 Å². The molecule has 1 aromatic rings. The summed E-state index contributed by atoms with van der Waals surface area (Å²) < 4.78 is 5.01. The van der Waals surface area contributed by atoms with Crippen molar-refractivity contribution in [2.24, 2.45) is 0 Å². The second-order valence-corrected chi connectivity index (χ2v) is 5.63. The van der Waals surface area contributed by atoms with E-state index < -0.39 is 0 Å². The first kappa shape index (κ1) is 18.0. The van der Waals surface area contributed by atoms with Gasteiger partial charge in [-0.15, -0.1) is 0 Å². The number of likely N-dealkylation sites (tertiary alicyclic amines) is 1. The molecular weight excluding hydrogens is 310 g/mol. The Balaban J connectivity index is 1.86. The van der Waals surface area contributed by atoms with Crippen LogP contribution in [0.3, 0.4) is 0 Å². The number of aromatic nitrogens is 2. The number of hydrogen-bond donors (Lipinski definition) is 2. The topological polar surface area (TPSA) is 96.5 Å². The number of amides is 2. The molecule has 2 heterocycles. The summed E-state index contributed by atoms with van der Waals surface area (Å²) in [5.41, 5.74) is 0.352. The third-order valence-electron chi connectivity index (χ3n) is 3.78. The van der Waals surface area contributed by atoms with Crippen LogP contribution in [0.5, 0.6) is 0 Å². The molecule has 0 aromatic carbocycles. The maximum absolute atomic E-state index is 11.9. The van der Waals surface area contributed by atoms with E-state index >= 15 is 0 Å². The Hall–Kier alpha value is -2.38. The van der Waals surface area contributed by atoms with Crippen LogP contribution in [0.15, 0.2) is 12.3 Å². The molecule has 1 aliphatic heterocycles. The second kappa shape index (κ2) is 9.05. The Kier molecular flexibility index (Phi) is 6.77. The molecule has 0 aliphatic carbocycles. The molecule has 1 aliphatic rings. The van der Waals surface area contributed by atoms with Crippen LogP contribution in [-0.4, -0.2) is 59.2 Å². The number of hydrogen-bond acceptors (Lipinski definition) is 6. The van der Waals surface area contributed by atoms with Gasteiger partial charge >= 0.3 is 6.09 Å². The zero-order valence-electron chi connectivity index (χ0n) is 14.2. The van der Waals surface area contributed by atoms with Crippen molar-refractivity contribution in [3.63, 3.8) is 0 Å². The molecule has 132 valence electrons. The summed E-state index contributed by atoms with van der Waals surface area (Å²) in [4.78, 5) is 33.8. The van der Waals surface area contributed by atoms with Crippen molar-refractivity contribution >= 4 is 17.9 Å². The van der Waals surface area contributed by atoms with Gasteiger partial charge in [-0.1, -0.05) is 6.92 Å². The summed E-state index contributed by atoms with van der Waals surface area (Å²) in [7, 11) is 0. The van der Waals surface area contributed by atoms with Gasteiger partial charge in [0.2, 0.25) is 5.95 Å². The van der Waals surface area contributed by atoms with Crippen LogP contribution in [0, 0.1) is 0 Å². The summed E-state index contributed by atoms with van der Waals surface area (Å²) in [6.45, 7) is 6.07. The monoisotopic (exact) mass is 335 g/mol. The van der Waals surface area contributed by atoms with E-state index in [0.29, 0.717) is 37.9 Å². The summed E-state index contributed by atoms with van der Waals surface area (Å²) in [6, 6.07) is 1.77. The van der Waals surface area contributed by atoms with E-state index in [-0.39, 0.29) is 18.0 Å². The number of ether oxygens (including phenoxy) is 1. The van der Waals surface area contributed by atoms with Crippen LogP contribution < -0.4 is 10.6 Å². The number of nitrogens with one attached hydrogen (secondary N) is 2. The Morgan fingerprint density at radius 2 is 2.08 bits per heavy atom. The molecule has 1 fully saturated rings. The Morgan fingerprint density at radius 3 is 2.75 bits per heavy atom. The minimum atomic E-state index is -0.262. The predicted molar refractivity (Wildman–Crippen MR) is 89.9 cm³/mol. The molecule has 2 amide bonds. The van der Waals surface area contributed by atoms with Crippen molar-refractivity contribution in [2.45, 2.75) is 39.2 Å². The lowest BCUT2D eigenvalue weighted by Gasteiger charge is -2.31. The molecular formula is C16H25N5O3. The molecule has 2 rings (SSSR count). The summed E-state index contributed by atoms with van der Waals surface area (Å²) in [5.74, 6) is 0.244. The molecule has 1 saturated heterocycles. The molecule has 0 unspecified atom stereocenters. The number of rotatable bonds is 6. The maximum Gasteiger partial charge on any atom is 0.409 e. The lowest BCUT2D eigenvalue weighted by molar-refractivity contribution is 0.0945. The third kappa shape index (κ3) is 5.07. The van der Waals surface area contributed by atoms with E-state index in [0.717, 1.165) is 19.3 Å². The minimum Gasteiger partial charge on any atom is -0.450 e. The summed E-state index contributed by atoms with van der Waals surface area (Å²) in [6.07, 6.45) is 3.76. The molecule has 2 N–H and O–H groups in total. The minimum absolute atomic E-state index is 0.171. The SMILES string of the molecule is CCCNC(=O)c1ccnc(NC2CCN(C(=O)OCC)CC2)n1. The van der Waals surface area contributed by atoms with Crippen LogP contribution in [0.1, 0.15) is 43.6 Å². The van der Waals surface area contributed by atoms with Gasteiger partial charge in [-0.3, -0.25) is 4.79 Å². The average molecular weight is 335 g/mol. The van der Waals surface area contributed by atoms with Crippen LogP contribution >= 0.6 is 0 Å². The summed E-state index contributed by atoms with van der Waals surface area (Å²) >= 11 is 0. The smallest absolute Gasteiger partial charge is 0.409 e. The van der Waals surface area contributed by atoms with Crippen molar-refractivity contribution in [1.82, 2.24) is 20.2 Å². The highest BCUT2D eigenvalue weighted by molar-refractivity contribution is 5.92. The first-order valence-corrected chi connectivity index (χ1v) is 8.43. The second-order valence-electron chi connectivity index (χ2n) is 5.63. The third-order valence-corrected chi connectivity index (χ3v) is 3.78. The van der Waals surface area contributed by atoms with Gasteiger partial charge in [-0.2, -0.15) is 0 Å². The van der Waals surface area contributed by atoms with Crippen LogP contribution in [-0.2, 0) is 4.74 Å². The Labute approximate surface area is 142 Å². The molecule has 0 bridgehead atoms. The Bertz CT molecular complexity index is 558. The standard InChI is InChI=1S/C16H25N5O3/c1-3-8-17-14(22)13-5-9-18-15(20-13)19-12-6-10-21(11-7-12)16(23)24-4-2/h5,9,12H,3-4,6-8,10-11H2,1-2H3,(H,17,22)(H,18,19,20). The lowest BCUT2D eigenvalue weighted by Crippen LogP contribution is -2.42. The van der Waals surface area contributed by atoms with Crippen molar-refractivity contribution < 1.29 is 14.3 Å². The average Bonchev–Trinajstić information content (AvgIpc) is 2.60. The lowest BCUT2D eigenvalue weighted by atomic mass is 10.1. The van der Waals surface area contributed by atoms with Gasteiger partial charge in [0.25, 0.3) is 5.91 Å². The zero-order valence-corrected chi connectivity index (χ0v) is 14.2. The fourth-order valence-electron chi connectivity index (χ4n) is 2.49. The van der Waals surface area contributed by atoms with Crippen LogP contribution in [0.4, 0.5) is 10.7 Å². The van der Waals surface area contributed by atoms with Gasteiger partial charge < -0.3 is 20.3 Å². The van der Waals surface area contributed by atoms with E-state index in [1.54, 1.807) is 24.1 Å². The quantitative estimate of drug-likeness (QED) is 0.820. The normalized spacial score (nSPS) is 15.0. The van der Waals surface area contributed by atoms with E-state index in [2.05, 4.69) is 20.6 Å². The molecule has 0 saturated carbocycles. The molecule has 1 aromatic heterocycles. The molecule has 0 radical (unpaired) electrons. The van der Waals surface area contributed by atoms with E-state index in [4.69, 9.17) is 4.74 Å². The number of piperidine rings is 1. The van der Waals surface area contributed by atoms with Crippen molar-refractivity contribution in [3.05, 3.63) is 18.0 Å². The highest BCUT2D eigenvalue weighted by Gasteiger charge is 2.24. The molecule has 8 nitrogen and oxygen atoms in total. The van der Waals surface area contributed by atoms with Gasteiger partial charge in [0.15, 0.2) is 0 Å². The van der Waals surface area contributed by atoms with Gasteiger partial charge in [0.1, 0.15) is 5.69 Å². The van der Waals surface area contributed by atoms with Gasteiger partial charge in [-0.25, -0.2) is 14.8 Å². The molecule has 0 spiro atoms. The zero-order chi connectivity index (χ0) is 17.4. The first-order valence-electron chi connectivity index (χ1n) is 8.43. The number of anilines is 1. The highest BCUT2D eigenvalue weighted by Crippen LogP contribution is 2.15. The fraction of sp³-hybridized carbons (Fsp3) is 0.625. The number of carbonyl (C=O) groups is 2.